The fraction of sp³-hybridized carbons (Fsp3) is 0.381. The highest BCUT2D eigenvalue weighted by molar-refractivity contribution is 5.93. The Balaban J connectivity index is 0.00000107. The van der Waals surface area contributed by atoms with Gasteiger partial charge in [-0.2, -0.15) is 0 Å². The first-order chi connectivity index (χ1) is 14.9. The zero-order valence-electron chi connectivity index (χ0n) is 17.0. The molecule has 0 radical (unpaired) electrons. The summed E-state index contributed by atoms with van der Waals surface area (Å²) in [6.07, 6.45) is 2.44. The predicted molar refractivity (Wildman–Crippen MR) is 109 cm³/mol. The lowest BCUT2D eigenvalue weighted by atomic mass is 9.85. The van der Waals surface area contributed by atoms with Crippen molar-refractivity contribution in [3.8, 4) is 0 Å². The number of rotatable bonds is 5. The van der Waals surface area contributed by atoms with E-state index in [1.165, 1.54) is 13.2 Å². The third kappa shape index (κ3) is 6.66. The van der Waals surface area contributed by atoms with Crippen molar-refractivity contribution in [2.24, 2.45) is 5.92 Å². The summed E-state index contributed by atoms with van der Waals surface area (Å²) in [6, 6.07) is 7.86. The zero-order chi connectivity index (χ0) is 22.8. The molecular weight excluding hydrogens is 408 g/mol. The lowest BCUT2D eigenvalue weighted by Gasteiger charge is -2.28. The van der Waals surface area contributed by atoms with E-state index in [-0.39, 0.29) is 42.1 Å². The Morgan fingerprint density at radius 2 is 1.84 bits per heavy atom. The first-order valence-electron chi connectivity index (χ1n) is 9.65. The maximum atomic E-state index is 12.5. The molecule has 0 aliphatic heterocycles. The molecule has 0 atom stereocenters. The number of carbonyl (C=O) groups excluding carboxylic acids is 3. The number of methoxy groups -OCH3 is 1. The van der Waals surface area contributed by atoms with E-state index in [1.54, 1.807) is 24.3 Å². The van der Waals surface area contributed by atoms with E-state index in [9.17, 15) is 19.2 Å². The van der Waals surface area contributed by atoms with E-state index >= 15 is 0 Å². The average Bonchev–Trinajstić information content (AvgIpc) is 2.78. The van der Waals surface area contributed by atoms with Crippen LogP contribution in [0.1, 0.15) is 36.2 Å². The minimum absolute atomic E-state index is 0.0263. The van der Waals surface area contributed by atoms with Crippen LogP contribution in [0, 0.1) is 5.92 Å². The number of esters is 1. The Labute approximate surface area is 177 Å². The molecular formula is C21H24N2O8. The molecule has 31 heavy (non-hydrogen) atoms. The van der Waals surface area contributed by atoms with Crippen molar-refractivity contribution < 1.29 is 33.4 Å². The van der Waals surface area contributed by atoms with Crippen LogP contribution in [0.5, 0.6) is 0 Å². The molecule has 10 heteroatoms. The van der Waals surface area contributed by atoms with Gasteiger partial charge in [0.25, 0.3) is 12.4 Å². The Hall–Kier alpha value is -3.69. The molecule has 2 aromatic rings. The molecule has 0 bridgehead atoms. The maximum Gasteiger partial charge on any atom is 0.325 e. The van der Waals surface area contributed by atoms with Crippen LogP contribution in [0.15, 0.2) is 39.5 Å². The van der Waals surface area contributed by atoms with Gasteiger partial charge in [-0.3, -0.25) is 24.0 Å². The van der Waals surface area contributed by atoms with Gasteiger partial charge >= 0.3 is 5.97 Å². The van der Waals surface area contributed by atoms with Gasteiger partial charge in [-0.25, -0.2) is 0 Å². The smallest absolute Gasteiger partial charge is 0.325 e. The highest BCUT2D eigenvalue weighted by Crippen LogP contribution is 2.25. The van der Waals surface area contributed by atoms with Crippen molar-refractivity contribution in [3.63, 3.8) is 0 Å². The number of para-hydroxylation sites is 1. The predicted octanol–water partition coefficient (Wildman–Crippen LogP) is 1.07. The van der Waals surface area contributed by atoms with Crippen LogP contribution in [0.25, 0.3) is 11.0 Å². The third-order valence-electron chi connectivity index (χ3n) is 4.93. The second kappa shape index (κ2) is 11.5. The third-order valence-corrected chi connectivity index (χ3v) is 4.93. The summed E-state index contributed by atoms with van der Waals surface area (Å²) in [5.74, 6) is -1.35. The Morgan fingerprint density at radius 3 is 2.48 bits per heavy atom. The second-order valence-electron chi connectivity index (χ2n) is 6.89. The van der Waals surface area contributed by atoms with Crippen molar-refractivity contribution in [2.45, 2.75) is 31.7 Å². The number of hydrogen-bond acceptors (Lipinski definition) is 7. The molecule has 3 rings (SSSR count). The van der Waals surface area contributed by atoms with E-state index in [0.717, 1.165) is 0 Å². The Morgan fingerprint density at radius 1 is 1.19 bits per heavy atom. The van der Waals surface area contributed by atoms with Crippen molar-refractivity contribution in [1.82, 2.24) is 10.6 Å². The lowest BCUT2D eigenvalue weighted by Crippen LogP contribution is -2.42. The zero-order valence-corrected chi connectivity index (χ0v) is 17.0. The average molecular weight is 432 g/mol. The number of ether oxygens (including phenoxy) is 1. The quantitative estimate of drug-likeness (QED) is 0.469. The molecule has 2 amide bonds. The van der Waals surface area contributed by atoms with Gasteiger partial charge in [0, 0.05) is 18.0 Å². The molecule has 0 spiro atoms. The molecule has 166 valence electrons. The fourth-order valence-electron chi connectivity index (χ4n) is 3.35. The van der Waals surface area contributed by atoms with Crippen LogP contribution in [0.2, 0.25) is 0 Å². The molecule has 1 aliphatic rings. The van der Waals surface area contributed by atoms with Crippen molar-refractivity contribution in [3.05, 3.63) is 46.3 Å². The van der Waals surface area contributed by atoms with Gasteiger partial charge in [0.05, 0.1) is 12.5 Å². The number of carbonyl (C=O) groups is 4. The first-order valence-corrected chi connectivity index (χ1v) is 9.65. The summed E-state index contributed by atoms with van der Waals surface area (Å²) >= 11 is 0. The van der Waals surface area contributed by atoms with Gasteiger partial charge in [-0.15, -0.1) is 0 Å². The largest absolute Gasteiger partial charge is 0.483 e. The fourth-order valence-corrected chi connectivity index (χ4v) is 3.35. The topological polar surface area (TPSA) is 152 Å². The summed E-state index contributed by atoms with van der Waals surface area (Å²) in [5.41, 5.74) is 0.101. The molecule has 1 aliphatic carbocycles. The van der Waals surface area contributed by atoms with E-state index in [2.05, 4.69) is 15.4 Å². The van der Waals surface area contributed by atoms with Gasteiger partial charge in [0.1, 0.15) is 12.1 Å². The standard InChI is InChI=1S/C20H22N2O6.CH2O2/c1-27-18(24)11-21-19(25)12-6-8-13(9-7-12)22-20(26)17-10-15(23)14-4-2-3-5-16(14)28-17;2-1-3/h2-5,10,12-13H,6-9,11H2,1H3,(H,21,25)(H,22,26);1H,(H,2,3). The van der Waals surface area contributed by atoms with Gasteiger partial charge in [-0.1, -0.05) is 12.1 Å². The number of nitrogens with one attached hydrogen (secondary N) is 2. The molecule has 1 fully saturated rings. The number of benzene rings is 1. The van der Waals surface area contributed by atoms with E-state index < -0.39 is 11.9 Å². The van der Waals surface area contributed by atoms with Gasteiger partial charge in [-0.05, 0) is 37.8 Å². The first kappa shape index (κ1) is 23.6. The van der Waals surface area contributed by atoms with Gasteiger partial charge in [0.2, 0.25) is 5.91 Å². The normalized spacial score (nSPS) is 17.6. The molecule has 1 saturated carbocycles. The second-order valence-corrected chi connectivity index (χ2v) is 6.89. The summed E-state index contributed by atoms with van der Waals surface area (Å²) < 4.78 is 10.0. The molecule has 0 saturated heterocycles. The van der Waals surface area contributed by atoms with Crippen LogP contribution < -0.4 is 16.1 Å². The minimum Gasteiger partial charge on any atom is -0.483 e. The molecule has 1 aromatic heterocycles. The Bertz CT molecular complexity index is 992. The van der Waals surface area contributed by atoms with E-state index in [4.69, 9.17) is 14.3 Å². The minimum atomic E-state index is -0.494. The SMILES string of the molecule is COC(=O)CNC(=O)C1CCC(NC(=O)c2cc(=O)c3ccccc3o2)CC1.O=CO. The highest BCUT2D eigenvalue weighted by Gasteiger charge is 2.28. The van der Waals surface area contributed by atoms with Crippen LogP contribution in [-0.2, 0) is 19.1 Å². The van der Waals surface area contributed by atoms with Crippen LogP contribution >= 0.6 is 0 Å². The van der Waals surface area contributed by atoms with Gasteiger partial charge in [0.15, 0.2) is 11.2 Å². The van der Waals surface area contributed by atoms with Crippen molar-refractivity contribution in [1.29, 1.82) is 0 Å². The summed E-state index contributed by atoms with van der Waals surface area (Å²) in [4.78, 5) is 56.1. The number of hydrogen-bond donors (Lipinski definition) is 3. The lowest BCUT2D eigenvalue weighted by molar-refractivity contribution is -0.141. The summed E-state index contributed by atoms with van der Waals surface area (Å²) in [5, 5.41) is 12.7. The number of amides is 2. The van der Waals surface area contributed by atoms with E-state index in [0.29, 0.717) is 36.7 Å². The Kier molecular flexibility index (Phi) is 8.74. The number of carboxylic acid groups (broad SMARTS) is 1. The molecule has 0 unspecified atom stereocenters. The van der Waals surface area contributed by atoms with Crippen LogP contribution in [0.3, 0.4) is 0 Å². The maximum absolute atomic E-state index is 12.5. The monoisotopic (exact) mass is 432 g/mol. The number of fused-ring (bicyclic) bond motifs is 1. The van der Waals surface area contributed by atoms with Crippen LogP contribution in [-0.4, -0.2) is 49.1 Å². The molecule has 10 nitrogen and oxygen atoms in total. The van der Waals surface area contributed by atoms with Gasteiger partial charge < -0.3 is 24.9 Å². The van der Waals surface area contributed by atoms with Crippen molar-refractivity contribution >= 4 is 35.2 Å². The summed E-state index contributed by atoms with van der Waals surface area (Å²) in [6.45, 7) is -0.396. The molecule has 1 aromatic carbocycles. The summed E-state index contributed by atoms with van der Waals surface area (Å²) in [7, 11) is 1.26. The van der Waals surface area contributed by atoms with E-state index in [1.807, 2.05) is 0 Å². The highest BCUT2D eigenvalue weighted by atomic mass is 16.5. The van der Waals surface area contributed by atoms with Crippen molar-refractivity contribution in [2.75, 3.05) is 13.7 Å². The molecule has 3 N–H and O–H groups in total. The van der Waals surface area contributed by atoms with Crippen LogP contribution in [0.4, 0.5) is 0 Å². The molecule has 1 heterocycles.